The van der Waals surface area contributed by atoms with E-state index < -0.39 is 0 Å². The number of ketones is 1. The lowest BCUT2D eigenvalue weighted by Gasteiger charge is -1.87. The molecule has 0 aliphatic heterocycles. The molecular weight excluding hydrogens is 114 g/mol. The predicted molar refractivity (Wildman–Crippen MR) is 38.5 cm³/mol. The summed E-state index contributed by atoms with van der Waals surface area (Å²) in [6.07, 6.45) is 2.65. The van der Waals surface area contributed by atoms with Crippen LogP contribution in [0.3, 0.4) is 0 Å². The molecule has 2 nitrogen and oxygen atoms in total. The molecule has 0 saturated heterocycles. The monoisotopic (exact) mass is 123 g/mol. The van der Waals surface area contributed by atoms with Crippen LogP contribution in [0.1, 0.15) is 6.92 Å². The number of rotatable bonds is 3. The molecule has 0 heterocycles. The molecule has 0 aromatic carbocycles. The van der Waals surface area contributed by atoms with Crippen molar-refractivity contribution in [2.45, 2.75) is 6.92 Å². The summed E-state index contributed by atoms with van der Waals surface area (Å²) in [4.78, 5) is 14.1. The smallest absolute Gasteiger partial charge is 0.182 e. The highest BCUT2D eigenvalue weighted by Crippen LogP contribution is 1.93. The summed E-state index contributed by atoms with van der Waals surface area (Å²) in [6, 6.07) is 0. The molecular formula is C7H9NO. The van der Waals surface area contributed by atoms with Crippen molar-refractivity contribution in [1.29, 1.82) is 0 Å². The first-order valence-electron chi connectivity index (χ1n) is 2.51. The second-order valence-electron chi connectivity index (χ2n) is 1.56. The Morgan fingerprint density at radius 1 is 1.67 bits per heavy atom. The van der Waals surface area contributed by atoms with Crippen molar-refractivity contribution < 1.29 is 4.79 Å². The topological polar surface area (TPSA) is 29.4 Å². The van der Waals surface area contributed by atoms with E-state index in [1.54, 1.807) is 6.92 Å². The molecule has 0 aliphatic carbocycles. The van der Waals surface area contributed by atoms with Gasteiger partial charge >= 0.3 is 0 Å². The van der Waals surface area contributed by atoms with Crippen molar-refractivity contribution in [2.24, 2.45) is 4.99 Å². The van der Waals surface area contributed by atoms with Crippen LogP contribution in [0.5, 0.6) is 0 Å². The van der Waals surface area contributed by atoms with Crippen molar-refractivity contribution in [2.75, 3.05) is 0 Å². The summed E-state index contributed by atoms with van der Waals surface area (Å²) in [5, 5.41) is 0. The molecule has 0 aromatic heterocycles. The molecule has 0 N–H and O–H groups in total. The Bertz CT molecular complexity index is 168. The van der Waals surface area contributed by atoms with E-state index in [4.69, 9.17) is 0 Å². The second-order valence-corrected chi connectivity index (χ2v) is 1.56. The molecule has 0 spiro atoms. The van der Waals surface area contributed by atoms with Crippen LogP contribution in [-0.2, 0) is 4.79 Å². The van der Waals surface area contributed by atoms with E-state index in [2.05, 4.69) is 18.3 Å². The second kappa shape index (κ2) is 3.78. The number of carbonyl (C=O) groups is 1. The molecule has 0 aliphatic rings. The number of nitrogens with zero attached hydrogens (tertiary/aromatic N) is 1. The van der Waals surface area contributed by atoms with Crippen molar-refractivity contribution in [3.63, 3.8) is 0 Å². The largest absolute Gasteiger partial charge is 0.290 e. The van der Waals surface area contributed by atoms with Gasteiger partial charge in [0.25, 0.3) is 0 Å². The molecule has 9 heavy (non-hydrogen) atoms. The van der Waals surface area contributed by atoms with Gasteiger partial charge in [-0.3, -0.25) is 9.79 Å². The van der Waals surface area contributed by atoms with Gasteiger partial charge in [0.2, 0.25) is 0 Å². The summed E-state index contributed by atoms with van der Waals surface area (Å²) in [5.41, 5.74) is 0.556. The van der Waals surface area contributed by atoms with Crippen LogP contribution < -0.4 is 0 Å². The number of allylic oxidation sites excluding steroid dienone is 2. The normalized spacial score (nSPS) is 10.6. The number of aliphatic imine (C=N–C) groups is 1. The zero-order chi connectivity index (χ0) is 7.28. The van der Waals surface area contributed by atoms with Gasteiger partial charge in [0, 0.05) is 11.8 Å². The number of hydrogen-bond donors (Lipinski definition) is 0. The van der Waals surface area contributed by atoms with E-state index in [9.17, 15) is 4.79 Å². The molecule has 0 fully saturated rings. The fourth-order valence-electron chi connectivity index (χ4n) is 0.362. The quantitative estimate of drug-likeness (QED) is 0.411. The minimum atomic E-state index is -0.109. The first-order valence-corrected chi connectivity index (χ1v) is 2.51. The average molecular weight is 123 g/mol. The van der Waals surface area contributed by atoms with E-state index in [1.165, 1.54) is 12.3 Å². The zero-order valence-corrected chi connectivity index (χ0v) is 5.42. The molecule has 48 valence electrons. The lowest BCUT2D eigenvalue weighted by Crippen LogP contribution is -1.91. The van der Waals surface area contributed by atoms with Crippen molar-refractivity contribution in [3.05, 3.63) is 24.4 Å². The molecule has 0 rings (SSSR count). The summed E-state index contributed by atoms with van der Waals surface area (Å²) in [7, 11) is 0. The molecule has 2 heteroatoms. The van der Waals surface area contributed by atoms with Gasteiger partial charge in [0.15, 0.2) is 5.78 Å². The van der Waals surface area contributed by atoms with Gasteiger partial charge in [0.1, 0.15) is 0 Å². The van der Waals surface area contributed by atoms with Gasteiger partial charge in [-0.15, -0.1) is 0 Å². The van der Waals surface area contributed by atoms with Gasteiger partial charge in [-0.1, -0.05) is 6.58 Å². The van der Waals surface area contributed by atoms with Crippen LogP contribution in [0, 0.1) is 0 Å². The Kier molecular flexibility index (Phi) is 3.28. The average Bonchev–Trinajstić information content (AvgIpc) is 1.87. The minimum Gasteiger partial charge on any atom is -0.290 e. The van der Waals surface area contributed by atoms with E-state index >= 15 is 0 Å². The first kappa shape index (κ1) is 7.82. The molecule has 0 bridgehead atoms. The Morgan fingerprint density at radius 2 is 2.22 bits per heavy atom. The predicted octanol–water partition coefficient (Wildman–Crippen LogP) is 1.35. The maximum atomic E-state index is 10.6. The molecule has 0 radical (unpaired) electrons. The zero-order valence-electron chi connectivity index (χ0n) is 5.42. The highest BCUT2D eigenvalue weighted by molar-refractivity contribution is 6.02. The first-order chi connectivity index (χ1) is 4.22. The number of carbonyl (C=O) groups excluding carboxylic acids is 1. The van der Waals surface area contributed by atoms with Crippen LogP contribution in [0.2, 0.25) is 0 Å². The van der Waals surface area contributed by atoms with Crippen molar-refractivity contribution >= 4 is 12.5 Å². The van der Waals surface area contributed by atoms with E-state index in [0.29, 0.717) is 5.57 Å². The van der Waals surface area contributed by atoms with Gasteiger partial charge < -0.3 is 0 Å². The van der Waals surface area contributed by atoms with Gasteiger partial charge in [-0.2, -0.15) is 0 Å². The molecule has 0 atom stereocenters. The standard InChI is InChI=1S/C7H9NO/c1-4-7(9)6(2)5-8-3/h4-5H,1,3H2,2H3. The number of hydrogen-bond acceptors (Lipinski definition) is 2. The Morgan fingerprint density at radius 3 is 2.56 bits per heavy atom. The Hall–Kier alpha value is -1.18. The fourth-order valence-corrected chi connectivity index (χ4v) is 0.362. The van der Waals surface area contributed by atoms with Gasteiger partial charge in [-0.05, 0) is 19.7 Å². The maximum Gasteiger partial charge on any atom is 0.182 e. The van der Waals surface area contributed by atoms with E-state index in [0.717, 1.165) is 0 Å². The van der Waals surface area contributed by atoms with E-state index in [1.807, 2.05) is 0 Å². The molecule has 0 amide bonds. The van der Waals surface area contributed by atoms with Crippen LogP contribution in [0.25, 0.3) is 0 Å². The fraction of sp³-hybridized carbons (Fsp3) is 0.143. The van der Waals surface area contributed by atoms with Crippen LogP contribution in [0.15, 0.2) is 29.4 Å². The summed E-state index contributed by atoms with van der Waals surface area (Å²) >= 11 is 0. The van der Waals surface area contributed by atoms with Crippen molar-refractivity contribution in [3.8, 4) is 0 Å². The summed E-state index contributed by atoms with van der Waals surface area (Å²) in [5.74, 6) is -0.109. The lowest BCUT2D eigenvalue weighted by molar-refractivity contribution is -0.111. The Labute approximate surface area is 54.6 Å². The minimum absolute atomic E-state index is 0.109. The third-order valence-corrected chi connectivity index (χ3v) is 0.859. The van der Waals surface area contributed by atoms with Crippen LogP contribution in [-0.4, -0.2) is 12.5 Å². The third kappa shape index (κ3) is 2.59. The lowest BCUT2D eigenvalue weighted by atomic mass is 10.2. The maximum absolute atomic E-state index is 10.6. The highest BCUT2D eigenvalue weighted by Gasteiger charge is 1.94. The third-order valence-electron chi connectivity index (χ3n) is 0.859. The van der Waals surface area contributed by atoms with Crippen molar-refractivity contribution in [1.82, 2.24) is 0 Å². The van der Waals surface area contributed by atoms with Crippen LogP contribution >= 0.6 is 0 Å². The SMILES string of the molecule is C=CC(=O)C(C)=CN=C. The molecule has 0 unspecified atom stereocenters. The van der Waals surface area contributed by atoms with Gasteiger partial charge in [0.05, 0.1) is 0 Å². The molecule has 0 saturated carbocycles. The van der Waals surface area contributed by atoms with E-state index in [-0.39, 0.29) is 5.78 Å². The van der Waals surface area contributed by atoms with Gasteiger partial charge in [-0.25, -0.2) is 0 Å². The Balaban J connectivity index is 4.18. The summed E-state index contributed by atoms with van der Waals surface area (Å²) in [6.45, 7) is 8.18. The molecule has 0 aromatic rings. The van der Waals surface area contributed by atoms with Crippen LogP contribution in [0.4, 0.5) is 0 Å². The summed E-state index contributed by atoms with van der Waals surface area (Å²) < 4.78 is 0. The highest BCUT2D eigenvalue weighted by atomic mass is 16.1.